The van der Waals surface area contributed by atoms with Gasteiger partial charge in [-0.05, 0) is 48.9 Å². The highest BCUT2D eigenvalue weighted by Crippen LogP contribution is 2.32. The summed E-state index contributed by atoms with van der Waals surface area (Å²) < 4.78 is 11.2. The monoisotopic (exact) mass is 478 g/mol. The van der Waals surface area contributed by atoms with Crippen molar-refractivity contribution in [3.8, 4) is 34.3 Å². The number of H-pyrrole nitrogens is 1. The SMILES string of the molecule is COc1cc(-c2ccc(-c3nc4nc(O[C@H]5CC[C@H](C(=O)O)CC5)[nH]c4cc3Cl)cc2)ccn1. The fourth-order valence-corrected chi connectivity index (χ4v) is 4.52. The molecule has 1 fully saturated rings. The summed E-state index contributed by atoms with van der Waals surface area (Å²) >= 11 is 6.55. The van der Waals surface area contributed by atoms with Crippen LogP contribution in [-0.4, -0.2) is 44.2 Å². The minimum atomic E-state index is -0.734. The lowest BCUT2D eigenvalue weighted by Crippen LogP contribution is -2.28. The van der Waals surface area contributed by atoms with Crippen molar-refractivity contribution in [3.05, 3.63) is 53.7 Å². The number of imidazole rings is 1. The molecule has 3 aromatic heterocycles. The van der Waals surface area contributed by atoms with Gasteiger partial charge in [-0.25, -0.2) is 9.97 Å². The summed E-state index contributed by atoms with van der Waals surface area (Å²) in [7, 11) is 1.59. The summed E-state index contributed by atoms with van der Waals surface area (Å²) in [5.41, 5.74) is 4.72. The van der Waals surface area contributed by atoms with E-state index in [0.29, 0.717) is 59.5 Å². The third kappa shape index (κ3) is 4.54. The third-order valence-corrected chi connectivity index (χ3v) is 6.43. The minimum absolute atomic E-state index is 0.0644. The number of hydrogen-bond acceptors (Lipinski definition) is 6. The van der Waals surface area contributed by atoms with Crippen molar-refractivity contribution >= 4 is 28.7 Å². The second-order valence-electron chi connectivity index (χ2n) is 8.33. The molecule has 0 atom stereocenters. The fourth-order valence-electron chi connectivity index (χ4n) is 4.26. The van der Waals surface area contributed by atoms with E-state index in [2.05, 4.69) is 19.9 Å². The van der Waals surface area contributed by atoms with Crippen LogP contribution in [0.3, 0.4) is 0 Å². The molecule has 8 nitrogen and oxygen atoms in total. The predicted octanol–water partition coefficient (Wildman–Crippen LogP) is 5.37. The number of halogens is 1. The number of ether oxygens (including phenoxy) is 2. The zero-order valence-corrected chi connectivity index (χ0v) is 19.2. The zero-order chi connectivity index (χ0) is 23.7. The number of pyridine rings is 2. The molecule has 0 amide bonds. The Kier molecular flexibility index (Phi) is 6.06. The Hall–Kier alpha value is -3.65. The molecule has 34 heavy (non-hydrogen) atoms. The molecule has 3 heterocycles. The van der Waals surface area contributed by atoms with Crippen LogP contribution in [0.1, 0.15) is 25.7 Å². The maximum Gasteiger partial charge on any atom is 0.306 e. The second kappa shape index (κ2) is 9.30. The lowest BCUT2D eigenvalue weighted by Gasteiger charge is -2.25. The molecule has 1 aliphatic rings. The predicted molar refractivity (Wildman–Crippen MR) is 128 cm³/mol. The largest absolute Gasteiger partial charge is 0.481 e. The number of fused-ring (bicyclic) bond motifs is 1. The van der Waals surface area contributed by atoms with E-state index < -0.39 is 5.97 Å². The lowest BCUT2D eigenvalue weighted by atomic mass is 9.87. The van der Waals surface area contributed by atoms with Gasteiger partial charge in [0.25, 0.3) is 6.01 Å². The van der Waals surface area contributed by atoms with Crippen LogP contribution in [0.4, 0.5) is 0 Å². The standard InChI is InChI=1S/C25H23ClN4O4/c1-33-21-12-17(10-11-27-21)14-2-4-15(5-3-14)22-19(26)13-20-23(29-22)30-25(28-20)34-18-8-6-16(7-9-18)24(31)32/h2-5,10-13,16,18H,6-9H2,1H3,(H,31,32)(H,28,29,30)/t16-,18-. The molecule has 0 bridgehead atoms. The maximum absolute atomic E-state index is 11.1. The summed E-state index contributed by atoms with van der Waals surface area (Å²) in [5, 5.41) is 9.67. The van der Waals surface area contributed by atoms with Crippen LogP contribution in [0.25, 0.3) is 33.5 Å². The van der Waals surface area contributed by atoms with Crippen LogP contribution < -0.4 is 9.47 Å². The van der Waals surface area contributed by atoms with Crippen molar-refractivity contribution < 1.29 is 19.4 Å². The fraction of sp³-hybridized carbons (Fsp3) is 0.280. The van der Waals surface area contributed by atoms with Crippen LogP contribution >= 0.6 is 11.6 Å². The van der Waals surface area contributed by atoms with Gasteiger partial charge < -0.3 is 19.6 Å². The lowest BCUT2D eigenvalue weighted by molar-refractivity contribution is -0.143. The number of rotatable bonds is 6. The van der Waals surface area contributed by atoms with E-state index in [0.717, 1.165) is 16.7 Å². The van der Waals surface area contributed by atoms with E-state index >= 15 is 0 Å². The molecule has 0 aliphatic heterocycles. The number of benzene rings is 1. The Labute approximate surface area is 200 Å². The van der Waals surface area contributed by atoms with Gasteiger partial charge in [-0.1, -0.05) is 35.9 Å². The summed E-state index contributed by atoms with van der Waals surface area (Å²) in [6.45, 7) is 0. The number of nitrogens with zero attached hydrogens (tertiary/aromatic N) is 3. The van der Waals surface area contributed by atoms with Gasteiger partial charge in [0.1, 0.15) is 6.10 Å². The van der Waals surface area contributed by atoms with Crippen molar-refractivity contribution in [2.75, 3.05) is 7.11 Å². The van der Waals surface area contributed by atoms with Crippen molar-refractivity contribution in [2.24, 2.45) is 5.92 Å². The van der Waals surface area contributed by atoms with Crippen molar-refractivity contribution in [2.45, 2.75) is 31.8 Å². The first-order valence-electron chi connectivity index (χ1n) is 11.1. The number of nitrogens with one attached hydrogen (secondary N) is 1. The molecule has 2 N–H and O–H groups in total. The van der Waals surface area contributed by atoms with Gasteiger partial charge in [-0.2, -0.15) is 4.98 Å². The first-order valence-corrected chi connectivity index (χ1v) is 11.4. The van der Waals surface area contributed by atoms with Gasteiger partial charge in [0.15, 0.2) is 5.65 Å². The number of carboxylic acids is 1. The Morgan fingerprint density at radius 2 is 1.76 bits per heavy atom. The minimum Gasteiger partial charge on any atom is -0.481 e. The summed E-state index contributed by atoms with van der Waals surface area (Å²) in [5.74, 6) is -0.462. The number of aromatic nitrogens is 4. The van der Waals surface area contributed by atoms with Crippen LogP contribution in [0, 0.1) is 5.92 Å². The van der Waals surface area contributed by atoms with Crippen LogP contribution in [0.15, 0.2) is 48.7 Å². The number of carbonyl (C=O) groups is 1. The molecule has 4 aromatic rings. The summed E-state index contributed by atoms with van der Waals surface area (Å²) in [4.78, 5) is 27.6. The highest BCUT2D eigenvalue weighted by atomic mass is 35.5. The van der Waals surface area contributed by atoms with Gasteiger partial charge >= 0.3 is 5.97 Å². The molecular weight excluding hydrogens is 456 g/mol. The number of aliphatic carboxylic acids is 1. The molecule has 9 heteroatoms. The van der Waals surface area contributed by atoms with Crippen molar-refractivity contribution in [1.82, 2.24) is 19.9 Å². The molecule has 174 valence electrons. The Bertz CT molecular complexity index is 1330. The first kappa shape index (κ1) is 22.2. The topological polar surface area (TPSA) is 110 Å². The smallest absolute Gasteiger partial charge is 0.306 e. The maximum atomic E-state index is 11.1. The number of methoxy groups -OCH3 is 1. The van der Waals surface area contributed by atoms with Crippen LogP contribution in [0.5, 0.6) is 11.9 Å². The van der Waals surface area contributed by atoms with E-state index in [1.807, 2.05) is 36.4 Å². The second-order valence-corrected chi connectivity index (χ2v) is 8.73. The molecular formula is C25H23ClN4O4. The van der Waals surface area contributed by atoms with E-state index in [4.69, 9.17) is 26.2 Å². The molecule has 0 radical (unpaired) electrons. The summed E-state index contributed by atoms with van der Waals surface area (Å²) in [6.07, 6.45) is 4.23. The average Bonchev–Trinajstić information content (AvgIpc) is 3.25. The Morgan fingerprint density at radius 3 is 2.47 bits per heavy atom. The van der Waals surface area contributed by atoms with Gasteiger partial charge in [0.05, 0.1) is 29.3 Å². The summed E-state index contributed by atoms with van der Waals surface area (Å²) in [6, 6.07) is 13.9. The third-order valence-electron chi connectivity index (χ3n) is 6.14. The Morgan fingerprint density at radius 1 is 1.03 bits per heavy atom. The van der Waals surface area contributed by atoms with Gasteiger partial charge in [0.2, 0.25) is 5.88 Å². The van der Waals surface area contributed by atoms with Crippen LogP contribution in [0.2, 0.25) is 5.02 Å². The van der Waals surface area contributed by atoms with Gasteiger partial charge in [0, 0.05) is 17.8 Å². The molecule has 1 aromatic carbocycles. The first-order chi connectivity index (χ1) is 16.5. The van der Waals surface area contributed by atoms with Crippen molar-refractivity contribution in [3.63, 3.8) is 0 Å². The van der Waals surface area contributed by atoms with Gasteiger partial charge in [-0.3, -0.25) is 4.79 Å². The van der Waals surface area contributed by atoms with Crippen LogP contribution in [-0.2, 0) is 4.79 Å². The normalized spacial score (nSPS) is 18.1. The highest BCUT2D eigenvalue weighted by molar-refractivity contribution is 6.33. The number of carboxylic acid groups (broad SMARTS) is 1. The van der Waals surface area contributed by atoms with E-state index in [-0.39, 0.29) is 12.0 Å². The van der Waals surface area contributed by atoms with Crippen molar-refractivity contribution in [1.29, 1.82) is 0 Å². The number of aromatic amines is 1. The molecule has 0 saturated heterocycles. The number of hydrogen-bond donors (Lipinski definition) is 2. The Balaban J connectivity index is 1.35. The molecule has 1 aliphatic carbocycles. The molecule has 0 spiro atoms. The average molecular weight is 479 g/mol. The van der Waals surface area contributed by atoms with E-state index in [1.165, 1.54) is 0 Å². The van der Waals surface area contributed by atoms with Gasteiger partial charge in [-0.15, -0.1) is 0 Å². The van der Waals surface area contributed by atoms with E-state index in [1.54, 1.807) is 19.4 Å². The molecule has 0 unspecified atom stereocenters. The molecule has 1 saturated carbocycles. The zero-order valence-electron chi connectivity index (χ0n) is 18.5. The molecule has 5 rings (SSSR count). The van der Waals surface area contributed by atoms with E-state index in [9.17, 15) is 4.79 Å². The highest BCUT2D eigenvalue weighted by Gasteiger charge is 2.27. The quantitative estimate of drug-likeness (QED) is 0.383.